The van der Waals surface area contributed by atoms with Crippen molar-refractivity contribution in [3.63, 3.8) is 0 Å². The molecule has 6 heteroatoms. The Morgan fingerprint density at radius 1 is 1.12 bits per heavy atom. The molecule has 6 nitrogen and oxygen atoms in total. The fraction of sp³-hybridized carbons (Fsp3) is 0.650. The van der Waals surface area contributed by atoms with E-state index in [1.807, 2.05) is 53.7 Å². The number of carbonyl (C=O) groups excluding carboxylic acids is 2. The van der Waals surface area contributed by atoms with Gasteiger partial charge in [-0.25, -0.2) is 9.78 Å². The van der Waals surface area contributed by atoms with Crippen LogP contribution in [0.1, 0.15) is 76.5 Å². The Bertz CT molecular complexity index is 683. The molecule has 0 aliphatic heterocycles. The monoisotopic (exact) mass is 361 g/mol. The molecule has 0 aromatic carbocycles. The molecule has 2 N–H and O–H groups in total. The molecule has 2 amide bonds. The average Bonchev–Trinajstić information content (AvgIpc) is 2.43. The summed E-state index contributed by atoms with van der Waals surface area (Å²) in [6, 6.07) is 5.40. The Labute approximate surface area is 156 Å². The van der Waals surface area contributed by atoms with Gasteiger partial charge in [0.15, 0.2) is 0 Å². The van der Waals surface area contributed by atoms with Crippen LogP contribution in [-0.2, 0) is 4.74 Å². The maximum absolute atomic E-state index is 12.6. The molecule has 2 atom stereocenters. The highest BCUT2D eigenvalue weighted by molar-refractivity contribution is 5.92. The summed E-state index contributed by atoms with van der Waals surface area (Å²) in [5.41, 5.74) is -0.155. The number of rotatable bonds is 3. The molecule has 0 radical (unpaired) electrons. The molecule has 0 saturated heterocycles. The fourth-order valence-corrected chi connectivity index (χ4v) is 3.68. The van der Waals surface area contributed by atoms with E-state index in [4.69, 9.17) is 4.74 Å². The van der Waals surface area contributed by atoms with Gasteiger partial charge in [-0.1, -0.05) is 6.07 Å². The number of pyridine rings is 1. The van der Waals surface area contributed by atoms with Gasteiger partial charge in [-0.2, -0.15) is 0 Å². The van der Waals surface area contributed by atoms with E-state index in [1.54, 1.807) is 6.07 Å². The largest absolute Gasteiger partial charge is 0.444 e. The second kappa shape index (κ2) is 7.25. The highest BCUT2D eigenvalue weighted by Gasteiger charge is 2.42. The summed E-state index contributed by atoms with van der Waals surface area (Å²) in [7, 11) is 0. The van der Waals surface area contributed by atoms with E-state index in [2.05, 4.69) is 15.6 Å². The maximum atomic E-state index is 12.6. The second-order valence-corrected chi connectivity index (χ2v) is 8.90. The van der Waals surface area contributed by atoms with Crippen molar-refractivity contribution in [3.05, 3.63) is 29.6 Å². The van der Waals surface area contributed by atoms with Crippen molar-refractivity contribution in [2.75, 3.05) is 0 Å². The molecule has 0 bridgehead atoms. The zero-order valence-electron chi connectivity index (χ0n) is 16.7. The van der Waals surface area contributed by atoms with Crippen LogP contribution >= 0.6 is 0 Å². The molecule has 26 heavy (non-hydrogen) atoms. The average molecular weight is 361 g/mol. The smallest absolute Gasteiger partial charge is 0.408 e. The van der Waals surface area contributed by atoms with Gasteiger partial charge in [0.1, 0.15) is 11.3 Å². The van der Waals surface area contributed by atoms with E-state index in [9.17, 15) is 9.59 Å². The van der Waals surface area contributed by atoms with E-state index in [-0.39, 0.29) is 5.91 Å². The quantitative estimate of drug-likeness (QED) is 0.859. The summed E-state index contributed by atoms with van der Waals surface area (Å²) in [4.78, 5) is 29.1. The zero-order valence-corrected chi connectivity index (χ0v) is 16.7. The predicted molar refractivity (Wildman–Crippen MR) is 101 cm³/mol. The fourth-order valence-electron chi connectivity index (χ4n) is 3.68. The molecule has 1 fully saturated rings. The molecule has 2 rings (SSSR count). The van der Waals surface area contributed by atoms with E-state index < -0.39 is 22.8 Å². The van der Waals surface area contributed by atoms with Crippen LogP contribution in [0, 0.1) is 6.92 Å². The zero-order chi connectivity index (χ0) is 19.6. The topological polar surface area (TPSA) is 80.3 Å². The van der Waals surface area contributed by atoms with Crippen LogP contribution in [-0.4, -0.2) is 33.7 Å². The lowest BCUT2D eigenvalue weighted by Crippen LogP contribution is -2.59. The van der Waals surface area contributed by atoms with Crippen molar-refractivity contribution in [1.29, 1.82) is 0 Å². The Balaban J connectivity index is 2.05. The van der Waals surface area contributed by atoms with Gasteiger partial charge in [0.25, 0.3) is 5.91 Å². The summed E-state index contributed by atoms with van der Waals surface area (Å²) in [5.74, 6) is -0.183. The van der Waals surface area contributed by atoms with E-state index in [0.29, 0.717) is 12.1 Å². The minimum Gasteiger partial charge on any atom is -0.444 e. The Morgan fingerprint density at radius 3 is 2.31 bits per heavy atom. The highest BCUT2D eigenvalue weighted by Crippen LogP contribution is 2.35. The van der Waals surface area contributed by atoms with Crippen LogP contribution in [0.3, 0.4) is 0 Å². The SMILES string of the molecule is Cc1cccc(C(=O)N[C@@]2(C)CCC[C@@](C)(NC(=O)OC(C)(C)C)C2)n1. The first-order chi connectivity index (χ1) is 11.9. The van der Waals surface area contributed by atoms with E-state index in [0.717, 1.165) is 25.0 Å². The number of nitrogens with one attached hydrogen (secondary N) is 2. The number of nitrogens with zero attached hydrogens (tertiary/aromatic N) is 1. The standard InChI is InChI=1S/C20H31N3O3/c1-14-9-7-10-15(21-14)16(24)22-19(5)11-8-12-20(6,13-19)23-17(25)26-18(2,3)4/h7,9-10H,8,11-13H2,1-6H3,(H,22,24)(H,23,25)/t19-,20+/m0/s1. The predicted octanol–water partition coefficient (Wildman–Crippen LogP) is 3.74. The second-order valence-electron chi connectivity index (χ2n) is 8.90. The number of ether oxygens (including phenoxy) is 1. The summed E-state index contributed by atoms with van der Waals surface area (Å²) in [6.07, 6.45) is 2.83. The summed E-state index contributed by atoms with van der Waals surface area (Å²) >= 11 is 0. The van der Waals surface area contributed by atoms with E-state index in [1.165, 1.54) is 0 Å². The van der Waals surface area contributed by atoms with Gasteiger partial charge in [0.2, 0.25) is 0 Å². The lowest BCUT2D eigenvalue weighted by Gasteiger charge is -2.45. The van der Waals surface area contributed by atoms with Crippen LogP contribution in [0.15, 0.2) is 18.2 Å². The van der Waals surface area contributed by atoms with Crippen molar-refractivity contribution in [1.82, 2.24) is 15.6 Å². The molecule has 0 spiro atoms. The first kappa shape index (κ1) is 20.2. The van der Waals surface area contributed by atoms with Crippen molar-refractivity contribution in [3.8, 4) is 0 Å². The third-order valence-electron chi connectivity index (χ3n) is 4.58. The minimum absolute atomic E-state index is 0.183. The van der Waals surface area contributed by atoms with Crippen molar-refractivity contribution in [2.24, 2.45) is 0 Å². The van der Waals surface area contributed by atoms with Crippen LogP contribution in [0.2, 0.25) is 0 Å². The molecule has 1 aromatic rings. The van der Waals surface area contributed by atoms with Crippen molar-refractivity contribution in [2.45, 2.75) is 83.9 Å². The normalized spacial score (nSPS) is 26.1. The molecule has 1 aliphatic carbocycles. The lowest BCUT2D eigenvalue weighted by molar-refractivity contribution is 0.0397. The Morgan fingerprint density at radius 2 is 1.73 bits per heavy atom. The third-order valence-corrected chi connectivity index (χ3v) is 4.58. The van der Waals surface area contributed by atoms with Crippen LogP contribution in [0.25, 0.3) is 0 Å². The third kappa shape index (κ3) is 5.71. The lowest BCUT2D eigenvalue weighted by atomic mass is 9.73. The summed E-state index contributed by atoms with van der Waals surface area (Å²) < 4.78 is 5.39. The molecule has 1 saturated carbocycles. The van der Waals surface area contributed by atoms with Gasteiger partial charge in [0.05, 0.1) is 0 Å². The van der Waals surface area contributed by atoms with Gasteiger partial charge >= 0.3 is 6.09 Å². The van der Waals surface area contributed by atoms with Gasteiger partial charge in [-0.15, -0.1) is 0 Å². The van der Waals surface area contributed by atoms with Gasteiger partial charge in [-0.3, -0.25) is 4.79 Å². The van der Waals surface area contributed by atoms with Crippen LogP contribution in [0.4, 0.5) is 4.79 Å². The number of aryl methyl sites for hydroxylation is 1. The Kier molecular flexibility index (Phi) is 5.64. The van der Waals surface area contributed by atoms with E-state index >= 15 is 0 Å². The van der Waals surface area contributed by atoms with Crippen molar-refractivity contribution >= 4 is 12.0 Å². The molecule has 1 aliphatic rings. The number of hydrogen-bond donors (Lipinski definition) is 2. The first-order valence-corrected chi connectivity index (χ1v) is 9.17. The van der Waals surface area contributed by atoms with Crippen molar-refractivity contribution < 1.29 is 14.3 Å². The highest BCUT2D eigenvalue weighted by atomic mass is 16.6. The van der Waals surface area contributed by atoms with Gasteiger partial charge < -0.3 is 15.4 Å². The number of hydrogen-bond acceptors (Lipinski definition) is 4. The molecular weight excluding hydrogens is 330 g/mol. The summed E-state index contributed by atoms with van der Waals surface area (Å²) in [5, 5.41) is 6.12. The molecule has 0 unspecified atom stereocenters. The van der Waals surface area contributed by atoms with Crippen LogP contribution in [0.5, 0.6) is 0 Å². The summed E-state index contributed by atoms with van der Waals surface area (Å²) in [6.45, 7) is 11.4. The molecule has 144 valence electrons. The number of carbonyl (C=O) groups is 2. The maximum Gasteiger partial charge on any atom is 0.408 e. The molecule has 1 heterocycles. The van der Waals surface area contributed by atoms with Crippen LogP contribution < -0.4 is 10.6 Å². The van der Waals surface area contributed by atoms with Gasteiger partial charge in [0, 0.05) is 16.8 Å². The number of aromatic nitrogens is 1. The first-order valence-electron chi connectivity index (χ1n) is 9.17. The van der Waals surface area contributed by atoms with Gasteiger partial charge in [-0.05, 0) is 79.4 Å². The molecular formula is C20H31N3O3. The minimum atomic E-state index is -0.538. The Hall–Kier alpha value is -2.11. The number of amides is 2. The molecule has 1 aromatic heterocycles. The number of alkyl carbamates (subject to hydrolysis) is 1.